The molecule has 3 heteroatoms. The zero-order valence-corrected chi connectivity index (χ0v) is 79.2. The molecule has 0 fully saturated rings. The van der Waals surface area contributed by atoms with Gasteiger partial charge in [0.15, 0.2) is 0 Å². The van der Waals surface area contributed by atoms with Crippen LogP contribution in [0.4, 0.5) is 0 Å². The van der Waals surface area contributed by atoms with Gasteiger partial charge in [-0.05, 0) is 324 Å². The van der Waals surface area contributed by atoms with Gasteiger partial charge in [0.25, 0.3) is 0 Å². The van der Waals surface area contributed by atoms with Crippen LogP contribution in [0.5, 0.6) is 0 Å². The highest BCUT2D eigenvalue weighted by Gasteiger charge is 2.26. The van der Waals surface area contributed by atoms with Crippen LogP contribution in [0.1, 0.15) is 32.9 Å². The molecule has 0 unspecified atom stereocenters. The lowest BCUT2D eigenvalue weighted by Gasteiger charge is -2.18. The fourth-order valence-corrected chi connectivity index (χ4v) is 23.2. The first-order valence-corrected chi connectivity index (χ1v) is 49.4. The Hall–Kier alpha value is -19.6. The molecule has 0 amide bonds. The molecule has 0 N–H and O–H groups in total. The predicted molar refractivity (Wildman–Crippen MR) is 635 cm³/mol. The SMILES string of the molecule is [2H]c1c([2H])c([2H])c2c(-c3ccc4oc5ccc6ccccc6c5c4c3)c3c([2H])c([2H])c([2H])c([2H])c3c(-c3ccc(-c4cccc5ccc6ccccc6c45)cc3)c2c1[2H].[2H]c1c([2H])c([2H])c2c(-c3ccc4oc5ccc6ccccc6c5c4c3)c3c([2H])c([2H])c([2H])c([2H])c3c(-c3cccc(-c4ccc5ccc6ccccc6c5c4)c3)c2c1[2H].[2H]c1c([2H])c([2H])c2c(-c3ccc4oc5ccc6ccccc6c5c4c3)c3c([2H])c([2H])c([2H])c([2H])c3c(-c3cccc(-c4cccc5ccccc45)c3)c2c1[2H]. The summed E-state index contributed by atoms with van der Waals surface area (Å²) in [4.78, 5) is 0. The van der Waals surface area contributed by atoms with Gasteiger partial charge in [0, 0.05) is 32.3 Å². The van der Waals surface area contributed by atoms with Crippen LogP contribution in [0.3, 0.4) is 0 Å². The van der Waals surface area contributed by atoms with Gasteiger partial charge in [-0.25, -0.2) is 0 Å². The van der Waals surface area contributed by atoms with Gasteiger partial charge in [0.05, 0.1) is 32.9 Å². The van der Waals surface area contributed by atoms with Gasteiger partial charge >= 0.3 is 0 Å². The van der Waals surface area contributed by atoms with Gasteiger partial charge in [0.2, 0.25) is 0 Å². The molecule has 0 aliphatic carbocycles. The maximum Gasteiger partial charge on any atom is 0.136 e. The summed E-state index contributed by atoms with van der Waals surface area (Å²) in [5.41, 5.74) is 14.5. The summed E-state index contributed by atoms with van der Waals surface area (Å²) in [5.74, 6) is 0. The fourth-order valence-electron chi connectivity index (χ4n) is 23.2. The minimum Gasteiger partial charge on any atom is -0.456 e. The van der Waals surface area contributed by atoms with Crippen LogP contribution in [0.2, 0.25) is 0 Å². The van der Waals surface area contributed by atoms with E-state index in [1.54, 1.807) is 18.2 Å². The summed E-state index contributed by atoms with van der Waals surface area (Å²) in [5, 5.41) is 24.1. The Morgan fingerprint density at radius 1 is 0.121 bits per heavy atom. The van der Waals surface area contributed by atoms with E-state index in [0.29, 0.717) is 100 Å². The molecule has 0 aliphatic rings. The maximum atomic E-state index is 9.46. The molecule has 3 heterocycles. The third-order valence-electron chi connectivity index (χ3n) is 29.8. The minimum absolute atomic E-state index is 0.170. The summed E-state index contributed by atoms with van der Waals surface area (Å²) in [6, 6.07) is 118. The predicted octanol–water partition coefficient (Wildman–Crippen LogP) is 41.9. The van der Waals surface area contributed by atoms with E-state index >= 15 is 0 Å². The molecule has 29 aromatic carbocycles. The summed E-state index contributed by atoms with van der Waals surface area (Å²) >= 11 is 0. The highest BCUT2D eigenvalue weighted by molar-refractivity contribution is 6.30. The molecule has 0 saturated carbocycles. The molecule has 32 rings (SSSR count). The van der Waals surface area contributed by atoms with Crippen LogP contribution in [-0.2, 0) is 0 Å². The molecule has 0 atom stereocenters. The molecule has 0 saturated heterocycles. The Morgan fingerprint density at radius 3 is 0.745 bits per heavy atom. The number of furan rings is 3. The molecule has 0 radical (unpaired) electrons. The zero-order chi connectivity index (χ0) is 119. The van der Waals surface area contributed by atoms with Gasteiger partial charge in [-0.15, -0.1) is 0 Å². The summed E-state index contributed by atoms with van der Waals surface area (Å²) in [6.45, 7) is 0. The average Bonchev–Trinajstić information content (AvgIpc) is 1.48. The number of benzene rings is 29. The van der Waals surface area contributed by atoms with E-state index in [1.165, 1.54) is 0 Å². The fraction of sp³-hybridized carbons (Fsp3) is 0. The first-order valence-electron chi connectivity index (χ1n) is 61.4. The Bertz CT molecular complexity index is 12600. The maximum absolute atomic E-state index is 9.46. The van der Waals surface area contributed by atoms with E-state index < -0.39 is 72.5 Å². The third-order valence-corrected chi connectivity index (χ3v) is 29.8. The van der Waals surface area contributed by atoms with E-state index in [4.69, 9.17) is 29.7 Å². The normalized spacial score (nSPS) is 14.1. The van der Waals surface area contributed by atoms with Crippen molar-refractivity contribution in [3.8, 4) is 100 Å². The van der Waals surface area contributed by atoms with E-state index in [2.05, 4.69) is 72.8 Å². The van der Waals surface area contributed by atoms with Crippen molar-refractivity contribution in [3.63, 3.8) is 0 Å². The van der Waals surface area contributed by atoms with Crippen LogP contribution >= 0.6 is 0 Å². The topological polar surface area (TPSA) is 39.4 Å². The van der Waals surface area contributed by atoms with Crippen molar-refractivity contribution < 1.29 is 46.1 Å². The Morgan fingerprint density at radius 2 is 0.349 bits per heavy atom. The summed E-state index contributed by atoms with van der Waals surface area (Å²) in [7, 11) is 0. The highest BCUT2D eigenvalue weighted by atomic mass is 16.3. The van der Waals surface area contributed by atoms with Crippen LogP contribution in [0.25, 0.3) is 317 Å². The Balaban J connectivity index is 0.000000114. The van der Waals surface area contributed by atoms with E-state index in [1.807, 2.05) is 297 Å². The van der Waals surface area contributed by atoms with E-state index in [-0.39, 0.29) is 137 Å². The van der Waals surface area contributed by atoms with Crippen LogP contribution < -0.4 is 0 Å². The molecule has 0 spiro atoms. The van der Waals surface area contributed by atoms with Gasteiger partial charge in [0.1, 0.15) is 33.5 Å². The molecule has 690 valence electrons. The lowest BCUT2D eigenvalue weighted by Crippen LogP contribution is -1.91. The highest BCUT2D eigenvalue weighted by Crippen LogP contribution is 2.53. The molecule has 32 aromatic rings. The Labute approximate surface area is 891 Å². The zero-order valence-electron chi connectivity index (χ0n) is 103. The number of rotatable bonds is 9. The summed E-state index contributed by atoms with van der Waals surface area (Å²) in [6.07, 6.45) is 0. The largest absolute Gasteiger partial charge is 0.456 e. The molecule has 149 heavy (non-hydrogen) atoms. The van der Waals surface area contributed by atoms with E-state index in [9.17, 15) is 16.4 Å². The molecule has 3 aromatic heterocycles. The third kappa shape index (κ3) is 14.0. The van der Waals surface area contributed by atoms with Crippen molar-refractivity contribution in [1.29, 1.82) is 0 Å². The van der Waals surface area contributed by atoms with Crippen LogP contribution in [0.15, 0.2) is 547 Å². The first kappa shape index (κ1) is 64.1. The second-order valence-corrected chi connectivity index (χ2v) is 37.8. The Kier molecular flexibility index (Phi) is 14.9. The van der Waals surface area contributed by atoms with Gasteiger partial charge in [-0.2, -0.15) is 0 Å². The molecule has 0 aliphatic heterocycles. The molecular weight excluding hydrogens is 1800 g/mol. The van der Waals surface area contributed by atoms with Crippen molar-refractivity contribution in [3.05, 3.63) is 533 Å². The summed E-state index contributed by atoms with van der Waals surface area (Å²) < 4.78 is 239. The number of hydrogen-bond acceptors (Lipinski definition) is 3. The standard InChI is InChI=1S/2C50H30O.C46H28O/c1-3-14-38-31(10-1)20-21-33-22-23-35(29-44(33)38)34-12-9-13-36(28-34)48-40-16-5-7-18-42(40)49(43-19-8-6-17-41(43)48)37-25-26-46-45(30-37)50-39-15-4-2-11-32(39)24-27-47(50)51-46;1-3-13-37-31(10-1)20-23-34-12-9-19-38(47(34)37)33-21-24-35(25-22-33)48-40-15-5-7-17-42(40)49(43-18-8-6-16-41(43)48)36-27-28-45-44(30-36)50-39-14-4-2-11-32(39)26-29-46(50)51-45;1-3-16-34-29(11-1)13-10-22-35(34)31-14-9-15-32(27-31)44-37-18-5-7-20-39(37)45(40-21-8-6-19-38(40)44)33-24-25-42-41(28-33)46-36-17-4-2-12-30(36)23-26-43(46)47-42/h2*1-30H;1-28H/i5D,6D,7D,8D,16D,17D,18D,19D;5D,6D,7D,8D,15D,16D,17D,18D;5D,6D,7D,8D,18D,19D,20D,21D. The van der Waals surface area contributed by atoms with Crippen molar-refractivity contribution in [1.82, 2.24) is 0 Å². The molecule has 3 nitrogen and oxygen atoms in total. The number of fused-ring (bicyclic) bond motifs is 28. The second kappa shape index (κ2) is 34.6. The van der Waals surface area contributed by atoms with Crippen molar-refractivity contribution >= 4 is 217 Å². The monoisotopic (exact) mass is 1910 g/mol. The lowest BCUT2D eigenvalue weighted by molar-refractivity contribution is 0.669. The second-order valence-electron chi connectivity index (χ2n) is 37.8. The van der Waals surface area contributed by atoms with Crippen molar-refractivity contribution in [2.45, 2.75) is 0 Å². The quantitative estimate of drug-likeness (QED) is 0.107. The van der Waals surface area contributed by atoms with Crippen molar-refractivity contribution in [2.24, 2.45) is 0 Å². The van der Waals surface area contributed by atoms with Crippen LogP contribution in [0, 0.1) is 0 Å². The lowest BCUT2D eigenvalue weighted by atomic mass is 9.85. The van der Waals surface area contributed by atoms with Gasteiger partial charge in [-0.3, -0.25) is 0 Å². The first-order chi connectivity index (χ1) is 83.9. The molecule has 0 bridgehead atoms. The average molecular weight is 1910 g/mol. The smallest absolute Gasteiger partial charge is 0.136 e. The van der Waals surface area contributed by atoms with Crippen molar-refractivity contribution in [2.75, 3.05) is 0 Å². The van der Waals surface area contributed by atoms with Crippen LogP contribution in [-0.4, -0.2) is 0 Å². The number of hydrogen-bond donors (Lipinski definition) is 0. The minimum atomic E-state index is -0.437. The molecular formula is C146H88O3. The van der Waals surface area contributed by atoms with Gasteiger partial charge < -0.3 is 13.3 Å². The van der Waals surface area contributed by atoms with E-state index in [0.717, 1.165) is 152 Å². The van der Waals surface area contributed by atoms with Gasteiger partial charge in [-0.1, -0.05) is 460 Å².